The minimum absolute atomic E-state index is 0.566. The van der Waals surface area contributed by atoms with E-state index in [1.807, 2.05) is 18.2 Å². The molecule has 0 aliphatic rings. The Hall–Kier alpha value is -0.740. The van der Waals surface area contributed by atoms with Gasteiger partial charge in [0.15, 0.2) is 0 Å². The van der Waals surface area contributed by atoms with Gasteiger partial charge in [0.25, 0.3) is 0 Å². The second-order valence-electron chi connectivity index (χ2n) is 3.93. The molecule has 2 nitrogen and oxygen atoms in total. The number of nitrogens with one attached hydrogen (secondary N) is 1. The Labute approximate surface area is 127 Å². The Morgan fingerprint density at radius 1 is 1.21 bits per heavy atom. The smallest absolute Gasteiger partial charge is 0.105 e. The van der Waals surface area contributed by atoms with Gasteiger partial charge in [-0.2, -0.15) is 0 Å². The van der Waals surface area contributed by atoms with Crippen molar-refractivity contribution in [2.75, 3.05) is 6.54 Å². The average molecular weight is 313 g/mol. The SMILES string of the molecule is CCNCc1cccnc1Sc1ccc(Cl)c(Cl)c1. The molecule has 5 heteroatoms. The minimum atomic E-state index is 0.566. The number of benzene rings is 1. The molecule has 0 radical (unpaired) electrons. The Balaban J connectivity index is 2.20. The third kappa shape index (κ3) is 4.11. The fourth-order valence-corrected chi connectivity index (χ4v) is 2.85. The molecule has 2 aromatic rings. The van der Waals surface area contributed by atoms with Crippen LogP contribution in [-0.4, -0.2) is 11.5 Å². The zero-order valence-electron chi connectivity index (χ0n) is 10.5. The van der Waals surface area contributed by atoms with E-state index in [9.17, 15) is 0 Å². The third-order valence-electron chi connectivity index (χ3n) is 2.52. The van der Waals surface area contributed by atoms with Crippen LogP contribution >= 0.6 is 35.0 Å². The molecule has 0 saturated carbocycles. The van der Waals surface area contributed by atoms with Crippen molar-refractivity contribution in [3.05, 3.63) is 52.1 Å². The number of aromatic nitrogens is 1. The van der Waals surface area contributed by atoms with Crippen LogP contribution in [0.2, 0.25) is 10.0 Å². The number of rotatable bonds is 5. The molecule has 0 fully saturated rings. The number of hydrogen-bond acceptors (Lipinski definition) is 3. The standard InChI is InChI=1S/C14H14Cl2N2S/c1-2-17-9-10-4-3-7-18-14(10)19-11-5-6-12(15)13(16)8-11/h3-8,17H,2,9H2,1H3. The maximum atomic E-state index is 6.03. The van der Waals surface area contributed by atoms with Crippen molar-refractivity contribution in [1.82, 2.24) is 10.3 Å². The van der Waals surface area contributed by atoms with Gasteiger partial charge in [0.1, 0.15) is 5.03 Å². The molecule has 0 atom stereocenters. The van der Waals surface area contributed by atoms with Gasteiger partial charge in [-0.15, -0.1) is 0 Å². The molecule has 2 rings (SSSR count). The zero-order valence-corrected chi connectivity index (χ0v) is 12.8. The predicted octanol–water partition coefficient (Wildman–Crippen LogP) is 4.65. The maximum absolute atomic E-state index is 6.03. The van der Waals surface area contributed by atoms with Crippen LogP contribution < -0.4 is 5.32 Å². The van der Waals surface area contributed by atoms with Gasteiger partial charge in [-0.3, -0.25) is 0 Å². The molecular formula is C14H14Cl2N2S. The number of halogens is 2. The highest BCUT2D eigenvalue weighted by Gasteiger charge is 2.07. The van der Waals surface area contributed by atoms with Gasteiger partial charge in [0, 0.05) is 17.6 Å². The fraction of sp³-hybridized carbons (Fsp3) is 0.214. The van der Waals surface area contributed by atoms with Crippen molar-refractivity contribution in [1.29, 1.82) is 0 Å². The molecule has 1 aromatic heterocycles. The monoisotopic (exact) mass is 312 g/mol. The summed E-state index contributed by atoms with van der Waals surface area (Å²) in [7, 11) is 0. The minimum Gasteiger partial charge on any atom is -0.313 e. The molecule has 0 unspecified atom stereocenters. The topological polar surface area (TPSA) is 24.9 Å². The summed E-state index contributed by atoms with van der Waals surface area (Å²) in [4.78, 5) is 5.46. The van der Waals surface area contributed by atoms with E-state index in [0.717, 1.165) is 23.0 Å². The lowest BCUT2D eigenvalue weighted by molar-refractivity contribution is 0.711. The van der Waals surface area contributed by atoms with Crippen LogP contribution in [0.4, 0.5) is 0 Å². The number of nitrogens with zero attached hydrogens (tertiary/aromatic N) is 1. The lowest BCUT2D eigenvalue weighted by atomic mass is 10.3. The lowest BCUT2D eigenvalue weighted by Gasteiger charge is -2.08. The van der Waals surface area contributed by atoms with Gasteiger partial charge in [-0.05, 0) is 36.4 Å². The first-order valence-electron chi connectivity index (χ1n) is 5.98. The highest BCUT2D eigenvalue weighted by atomic mass is 35.5. The van der Waals surface area contributed by atoms with E-state index in [0.29, 0.717) is 10.0 Å². The lowest BCUT2D eigenvalue weighted by Crippen LogP contribution is -2.12. The fourth-order valence-electron chi connectivity index (χ4n) is 1.56. The molecule has 0 aliphatic carbocycles. The van der Waals surface area contributed by atoms with E-state index in [1.54, 1.807) is 24.0 Å². The Bertz CT molecular complexity index is 561. The summed E-state index contributed by atoms with van der Waals surface area (Å²) in [5, 5.41) is 5.43. The Kier molecular flexibility index (Phi) is 5.52. The van der Waals surface area contributed by atoms with E-state index in [1.165, 1.54) is 5.56 Å². The van der Waals surface area contributed by atoms with Crippen LogP contribution in [0.5, 0.6) is 0 Å². The van der Waals surface area contributed by atoms with Gasteiger partial charge in [0.05, 0.1) is 10.0 Å². The average Bonchev–Trinajstić information content (AvgIpc) is 2.42. The first kappa shape index (κ1) is 14.7. The van der Waals surface area contributed by atoms with Crippen molar-refractivity contribution in [2.24, 2.45) is 0 Å². The van der Waals surface area contributed by atoms with Crippen molar-refractivity contribution in [2.45, 2.75) is 23.4 Å². The Morgan fingerprint density at radius 2 is 2.05 bits per heavy atom. The van der Waals surface area contributed by atoms with Crippen LogP contribution in [0.25, 0.3) is 0 Å². The van der Waals surface area contributed by atoms with E-state index in [4.69, 9.17) is 23.2 Å². The van der Waals surface area contributed by atoms with E-state index >= 15 is 0 Å². The molecular weight excluding hydrogens is 299 g/mol. The molecule has 100 valence electrons. The second-order valence-corrected chi connectivity index (χ2v) is 5.80. The van der Waals surface area contributed by atoms with Gasteiger partial charge >= 0.3 is 0 Å². The number of hydrogen-bond donors (Lipinski definition) is 1. The second kappa shape index (κ2) is 7.15. The quantitative estimate of drug-likeness (QED) is 0.870. The zero-order chi connectivity index (χ0) is 13.7. The van der Waals surface area contributed by atoms with Crippen molar-refractivity contribution in [3.63, 3.8) is 0 Å². The van der Waals surface area contributed by atoms with Crippen molar-refractivity contribution >= 4 is 35.0 Å². The predicted molar refractivity (Wildman–Crippen MR) is 82.2 cm³/mol. The molecule has 0 bridgehead atoms. The molecule has 0 aliphatic heterocycles. The highest BCUT2D eigenvalue weighted by Crippen LogP contribution is 2.32. The first-order valence-corrected chi connectivity index (χ1v) is 7.55. The molecule has 0 saturated heterocycles. The van der Waals surface area contributed by atoms with Gasteiger partial charge in [0.2, 0.25) is 0 Å². The summed E-state index contributed by atoms with van der Waals surface area (Å²) in [5.74, 6) is 0. The summed E-state index contributed by atoms with van der Waals surface area (Å²) in [6.07, 6.45) is 1.80. The summed E-state index contributed by atoms with van der Waals surface area (Å²) >= 11 is 13.5. The highest BCUT2D eigenvalue weighted by molar-refractivity contribution is 7.99. The number of pyridine rings is 1. The molecule has 19 heavy (non-hydrogen) atoms. The molecule has 1 N–H and O–H groups in total. The maximum Gasteiger partial charge on any atom is 0.105 e. The van der Waals surface area contributed by atoms with Gasteiger partial charge in [-0.1, -0.05) is 48.0 Å². The molecule has 0 spiro atoms. The third-order valence-corrected chi connectivity index (χ3v) is 4.31. The Morgan fingerprint density at radius 3 is 2.79 bits per heavy atom. The summed E-state index contributed by atoms with van der Waals surface area (Å²) in [5.41, 5.74) is 1.18. The first-order chi connectivity index (χ1) is 9.20. The largest absolute Gasteiger partial charge is 0.313 e. The summed E-state index contributed by atoms with van der Waals surface area (Å²) < 4.78 is 0. The molecule has 1 aromatic carbocycles. The van der Waals surface area contributed by atoms with Crippen molar-refractivity contribution in [3.8, 4) is 0 Å². The van der Waals surface area contributed by atoms with E-state index < -0.39 is 0 Å². The normalized spacial score (nSPS) is 10.7. The molecule has 1 heterocycles. The van der Waals surface area contributed by atoms with Crippen LogP contribution in [-0.2, 0) is 6.54 Å². The van der Waals surface area contributed by atoms with Crippen LogP contribution in [0, 0.1) is 0 Å². The van der Waals surface area contributed by atoms with Crippen LogP contribution in [0.15, 0.2) is 46.5 Å². The summed E-state index contributed by atoms with van der Waals surface area (Å²) in [6, 6.07) is 9.64. The van der Waals surface area contributed by atoms with Gasteiger partial charge < -0.3 is 5.32 Å². The van der Waals surface area contributed by atoms with Crippen LogP contribution in [0.1, 0.15) is 12.5 Å². The summed E-state index contributed by atoms with van der Waals surface area (Å²) in [6.45, 7) is 3.84. The molecule has 0 amide bonds. The van der Waals surface area contributed by atoms with E-state index in [2.05, 4.69) is 23.3 Å². The van der Waals surface area contributed by atoms with Crippen molar-refractivity contribution < 1.29 is 0 Å². The van der Waals surface area contributed by atoms with Gasteiger partial charge in [-0.25, -0.2) is 4.98 Å². The van der Waals surface area contributed by atoms with E-state index in [-0.39, 0.29) is 0 Å². The van der Waals surface area contributed by atoms with Crippen LogP contribution in [0.3, 0.4) is 0 Å².